The summed E-state index contributed by atoms with van der Waals surface area (Å²) < 4.78 is 28.2. The van der Waals surface area contributed by atoms with Gasteiger partial charge in [-0.2, -0.15) is 11.8 Å². The van der Waals surface area contributed by atoms with Gasteiger partial charge in [-0.1, -0.05) is 48.0 Å². The Labute approximate surface area is 207 Å². The SMILES string of the molecule is Cc1ccc(S(=O)(=O)N(CC(=O)NCCSCc2ccccc2C)c2cc(C)cc(C)c2)cc1. The molecule has 0 saturated heterocycles. The van der Waals surface area contributed by atoms with Gasteiger partial charge in [-0.25, -0.2) is 8.42 Å². The van der Waals surface area contributed by atoms with Crippen molar-refractivity contribution in [2.75, 3.05) is 23.1 Å². The Balaban J connectivity index is 1.69. The van der Waals surface area contributed by atoms with E-state index in [4.69, 9.17) is 0 Å². The Morgan fingerprint density at radius 1 is 0.882 bits per heavy atom. The van der Waals surface area contributed by atoms with Gasteiger partial charge in [0.15, 0.2) is 0 Å². The van der Waals surface area contributed by atoms with Crippen molar-refractivity contribution in [1.29, 1.82) is 0 Å². The molecule has 0 bridgehead atoms. The number of rotatable bonds is 10. The van der Waals surface area contributed by atoms with Crippen molar-refractivity contribution in [2.45, 2.75) is 38.3 Å². The third-order valence-electron chi connectivity index (χ3n) is 5.48. The Morgan fingerprint density at radius 2 is 1.53 bits per heavy atom. The number of thioether (sulfide) groups is 1. The Kier molecular flexibility index (Phi) is 8.80. The number of hydrogen-bond acceptors (Lipinski definition) is 4. The number of carbonyl (C=O) groups excluding carboxylic acids is 1. The topological polar surface area (TPSA) is 66.5 Å². The molecule has 5 nitrogen and oxygen atoms in total. The van der Waals surface area contributed by atoms with Gasteiger partial charge in [-0.05, 0) is 74.2 Å². The fourth-order valence-corrected chi connectivity index (χ4v) is 5.99. The first kappa shape index (κ1) is 25.8. The molecule has 0 aliphatic carbocycles. The van der Waals surface area contributed by atoms with Crippen LogP contribution in [-0.4, -0.2) is 33.2 Å². The lowest BCUT2D eigenvalue weighted by Gasteiger charge is -2.25. The minimum atomic E-state index is -3.91. The highest BCUT2D eigenvalue weighted by Crippen LogP contribution is 2.26. The van der Waals surface area contributed by atoms with Gasteiger partial charge in [0.05, 0.1) is 10.6 Å². The molecule has 0 aliphatic rings. The maximum Gasteiger partial charge on any atom is 0.264 e. The van der Waals surface area contributed by atoms with Crippen molar-refractivity contribution in [2.24, 2.45) is 0 Å². The second kappa shape index (κ2) is 11.6. The smallest absolute Gasteiger partial charge is 0.264 e. The van der Waals surface area contributed by atoms with Crippen LogP contribution in [0.2, 0.25) is 0 Å². The van der Waals surface area contributed by atoms with E-state index >= 15 is 0 Å². The number of carbonyl (C=O) groups is 1. The predicted octanol–water partition coefficient (Wildman–Crippen LogP) is 5.17. The summed E-state index contributed by atoms with van der Waals surface area (Å²) in [4.78, 5) is 13.0. The molecule has 3 rings (SSSR count). The maximum atomic E-state index is 13.5. The van der Waals surface area contributed by atoms with Crippen molar-refractivity contribution >= 4 is 33.4 Å². The van der Waals surface area contributed by atoms with Crippen LogP contribution < -0.4 is 9.62 Å². The summed E-state index contributed by atoms with van der Waals surface area (Å²) >= 11 is 1.74. The summed E-state index contributed by atoms with van der Waals surface area (Å²) in [6.45, 7) is 8.02. The Bertz CT molecular complexity index is 1220. The van der Waals surface area contributed by atoms with E-state index in [-0.39, 0.29) is 17.3 Å². The molecule has 0 spiro atoms. The summed E-state index contributed by atoms with van der Waals surface area (Å²) in [5.41, 5.74) is 5.87. The first-order chi connectivity index (χ1) is 16.2. The minimum absolute atomic E-state index is 0.166. The molecule has 1 N–H and O–H groups in total. The zero-order valence-electron chi connectivity index (χ0n) is 20.2. The van der Waals surface area contributed by atoms with E-state index in [0.29, 0.717) is 12.2 Å². The van der Waals surface area contributed by atoms with Gasteiger partial charge in [0.2, 0.25) is 5.91 Å². The molecule has 0 heterocycles. The molecule has 3 aromatic rings. The van der Waals surface area contributed by atoms with E-state index in [1.54, 1.807) is 48.2 Å². The number of sulfonamides is 1. The molecule has 0 aliphatic heterocycles. The van der Waals surface area contributed by atoms with Crippen LogP contribution in [-0.2, 0) is 20.6 Å². The highest BCUT2D eigenvalue weighted by Gasteiger charge is 2.27. The number of hydrogen-bond donors (Lipinski definition) is 1. The summed E-state index contributed by atoms with van der Waals surface area (Å²) in [6, 6.07) is 20.5. The van der Waals surface area contributed by atoms with Gasteiger partial charge in [0.1, 0.15) is 6.54 Å². The monoisotopic (exact) mass is 496 g/mol. The summed E-state index contributed by atoms with van der Waals surface area (Å²) in [5, 5.41) is 2.88. The number of amides is 1. The van der Waals surface area contributed by atoms with E-state index < -0.39 is 10.0 Å². The Morgan fingerprint density at radius 3 is 2.18 bits per heavy atom. The molecule has 0 saturated carbocycles. The van der Waals surface area contributed by atoms with Gasteiger partial charge in [0, 0.05) is 18.1 Å². The van der Waals surface area contributed by atoms with Crippen molar-refractivity contribution in [3.8, 4) is 0 Å². The fraction of sp³-hybridized carbons (Fsp3) is 0.296. The standard InChI is InChI=1S/C27H32N2O3S2/c1-20-9-11-26(12-10-20)34(31,32)29(25-16-21(2)15-22(3)17-25)18-27(30)28-13-14-33-19-24-8-6-5-7-23(24)4/h5-12,15-17H,13-14,18-19H2,1-4H3,(H,28,30). The van der Waals surface area contributed by atoms with E-state index in [9.17, 15) is 13.2 Å². The second-order valence-corrected chi connectivity index (χ2v) is 11.5. The van der Waals surface area contributed by atoms with E-state index in [2.05, 4.69) is 24.4 Å². The summed E-state index contributed by atoms with van der Waals surface area (Å²) in [6.07, 6.45) is 0. The van der Waals surface area contributed by atoms with Crippen molar-refractivity contribution in [1.82, 2.24) is 5.32 Å². The van der Waals surface area contributed by atoms with Crippen LogP contribution in [0.25, 0.3) is 0 Å². The zero-order valence-corrected chi connectivity index (χ0v) is 21.8. The van der Waals surface area contributed by atoms with Crippen LogP contribution in [0, 0.1) is 27.7 Å². The summed E-state index contributed by atoms with van der Waals surface area (Å²) in [5.74, 6) is 1.29. The van der Waals surface area contributed by atoms with Gasteiger partial charge in [-0.3, -0.25) is 9.10 Å². The van der Waals surface area contributed by atoms with Crippen LogP contribution >= 0.6 is 11.8 Å². The van der Waals surface area contributed by atoms with Gasteiger partial charge < -0.3 is 5.32 Å². The lowest BCUT2D eigenvalue weighted by Crippen LogP contribution is -2.41. The normalized spacial score (nSPS) is 11.3. The van der Waals surface area contributed by atoms with Crippen LogP contribution in [0.3, 0.4) is 0 Å². The van der Waals surface area contributed by atoms with Gasteiger partial charge in [-0.15, -0.1) is 0 Å². The predicted molar refractivity (Wildman–Crippen MR) is 142 cm³/mol. The van der Waals surface area contributed by atoms with Crippen LogP contribution in [0.1, 0.15) is 27.8 Å². The molecule has 180 valence electrons. The quantitative estimate of drug-likeness (QED) is 0.394. The van der Waals surface area contributed by atoms with Crippen LogP contribution in [0.5, 0.6) is 0 Å². The summed E-state index contributed by atoms with van der Waals surface area (Å²) in [7, 11) is -3.91. The minimum Gasteiger partial charge on any atom is -0.354 e. The van der Waals surface area contributed by atoms with E-state index in [0.717, 1.165) is 28.2 Å². The van der Waals surface area contributed by atoms with Crippen molar-refractivity contribution in [3.63, 3.8) is 0 Å². The number of nitrogens with zero attached hydrogens (tertiary/aromatic N) is 1. The molecular weight excluding hydrogens is 464 g/mol. The molecule has 0 aromatic heterocycles. The average Bonchev–Trinajstić information content (AvgIpc) is 2.78. The first-order valence-electron chi connectivity index (χ1n) is 11.2. The molecule has 7 heteroatoms. The molecule has 3 aromatic carbocycles. The molecule has 0 radical (unpaired) electrons. The largest absolute Gasteiger partial charge is 0.354 e. The van der Waals surface area contributed by atoms with Crippen LogP contribution in [0.4, 0.5) is 5.69 Å². The molecule has 0 atom stereocenters. The maximum absolute atomic E-state index is 13.5. The molecular formula is C27H32N2O3S2. The number of benzene rings is 3. The number of anilines is 1. The third-order valence-corrected chi connectivity index (χ3v) is 8.27. The van der Waals surface area contributed by atoms with E-state index in [1.165, 1.54) is 15.4 Å². The molecule has 1 amide bonds. The lowest BCUT2D eigenvalue weighted by molar-refractivity contribution is -0.119. The van der Waals surface area contributed by atoms with Crippen molar-refractivity contribution in [3.05, 3.63) is 94.5 Å². The van der Waals surface area contributed by atoms with E-state index in [1.807, 2.05) is 39.0 Å². The number of aryl methyl sites for hydroxylation is 4. The number of nitrogens with one attached hydrogen (secondary N) is 1. The lowest BCUT2D eigenvalue weighted by atomic mass is 10.1. The Hall–Kier alpha value is -2.77. The van der Waals surface area contributed by atoms with Gasteiger partial charge >= 0.3 is 0 Å². The van der Waals surface area contributed by atoms with Gasteiger partial charge in [0.25, 0.3) is 10.0 Å². The first-order valence-corrected chi connectivity index (χ1v) is 13.8. The second-order valence-electron chi connectivity index (χ2n) is 8.50. The van der Waals surface area contributed by atoms with Crippen molar-refractivity contribution < 1.29 is 13.2 Å². The van der Waals surface area contributed by atoms with Crippen LogP contribution in [0.15, 0.2) is 71.6 Å². The highest BCUT2D eigenvalue weighted by atomic mass is 32.2. The highest BCUT2D eigenvalue weighted by molar-refractivity contribution is 7.98. The molecule has 34 heavy (non-hydrogen) atoms. The third kappa shape index (κ3) is 6.87. The molecule has 0 fully saturated rings. The molecule has 0 unspecified atom stereocenters. The zero-order chi connectivity index (χ0) is 24.7. The fourth-order valence-electron chi connectivity index (χ4n) is 3.65. The average molecular weight is 497 g/mol.